The van der Waals surface area contributed by atoms with Gasteiger partial charge in [-0.25, -0.2) is 0 Å². The van der Waals surface area contributed by atoms with Crippen molar-refractivity contribution in [1.29, 1.82) is 0 Å². The SMILES string of the molecule is [B]c1ccc(CN(C(=O)C2CCCc3ccc(OC)cc32)c2ccc(CCCCCCCC)cc2)cc1. The van der Waals surface area contributed by atoms with Crippen LogP contribution in [0.2, 0.25) is 0 Å². The van der Waals surface area contributed by atoms with E-state index in [0.29, 0.717) is 6.54 Å². The maximum absolute atomic E-state index is 14.2. The van der Waals surface area contributed by atoms with Crippen LogP contribution in [0.1, 0.15) is 86.5 Å². The first kappa shape index (κ1) is 27.0. The highest BCUT2D eigenvalue weighted by molar-refractivity contribution is 6.32. The van der Waals surface area contributed by atoms with Gasteiger partial charge in [-0.1, -0.05) is 87.0 Å². The fraction of sp³-hybridized carbons (Fsp3) is 0.424. The van der Waals surface area contributed by atoms with Crippen LogP contribution in [0.15, 0.2) is 66.7 Å². The van der Waals surface area contributed by atoms with E-state index in [4.69, 9.17) is 12.6 Å². The molecule has 1 aliphatic rings. The molecule has 1 atom stereocenters. The van der Waals surface area contributed by atoms with Gasteiger partial charge in [-0.15, -0.1) is 0 Å². The van der Waals surface area contributed by atoms with Crippen molar-refractivity contribution in [3.8, 4) is 5.75 Å². The zero-order valence-electron chi connectivity index (χ0n) is 22.5. The molecule has 1 unspecified atom stereocenters. The van der Waals surface area contributed by atoms with Crippen molar-refractivity contribution in [1.82, 2.24) is 0 Å². The smallest absolute Gasteiger partial charge is 0.234 e. The number of carbonyl (C=O) groups is 1. The van der Waals surface area contributed by atoms with Gasteiger partial charge in [-0.05, 0) is 78.6 Å². The molecule has 0 saturated heterocycles. The lowest BCUT2D eigenvalue weighted by atomic mass is 9.81. The topological polar surface area (TPSA) is 29.5 Å². The summed E-state index contributed by atoms with van der Waals surface area (Å²) in [7, 11) is 7.61. The first-order valence-electron chi connectivity index (χ1n) is 14.0. The Morgan fingerprint density at radius 3 is 2.35 bits per heavy atom. The van der Waals surface area contributed by atoms with Crippen molar-refractivity contribution in [3.05, 3.63) is 89.0 Å². The fourth-order valence-corrected chi connectivity index (χ4v) is 5.40. The van der Waals surface area contributed by atoms with Gasteiger partial charge in [0.05, 0.1) is 19.6 Å². The van der Waals surface area contributed by atoms with Crippen LogP contribution in [0.25, 0.3) is 0 Å². The van der Waals surface area contributed by atoms with Crippen LogP contribution in [0.3, 0.4) is 0 Å². The summed E-state index contributed by atoms with van der Waals surface area (Å²) < 4.78 is 5.50. The summed E-state index contributed by atoms with van der Waals surface area (Å²) in [5.74, 6) is 0.785. The Labute approximate surface area is 224 Å². The minimum atomic E-state index is -0.171. The highest BCUT2D eigenvalue weighted by Gasteiger charge is 2.31. The van der Waals surface area contributed by atoms with Crippen molar-refractivity contribution in [2.75, 3.05) is 12.0 Å². The Balaban J connectivity index is 1.54. The Kier molecular flexibility index (Phi) is 9.88. The second-order valence-electron chi connectivity index (χ2n) is 10.4. The van der Waals surface area contributed by atoms with Gasteiger partial charge < -0.3 is 9.64 Å². The molecule has 0 saturated carbocycles. The Morgan fingerprint density at radius 2 is 1.62 bits per heavy atom. The second-order valence-corrected chi connectivity index (χ2v) is 10.4. The van der Waals surface area contributed by atoms with E-state index in [1.54, 1.807) is 7.11 Å². The van der Waals surface area contributed by atoms with Gasteiger partial charge in [-0.2, -0.15) is 0 Å². The van der Waals surface area contributed by atoms with E-state index in [0.717, 1.165) is 53.7 Å². The average Bonchev–Trinajstić information content (AvgIpc) is 2.94. The molecule has 192 valence electrons. The van der Waals surface area contributed by atoms with Gasteiger partial charge in [-0.3, -0.25) is 4.79 Å². The zero-order chi connectivity index (χ0) is 26.0. The van der Waals surface area contributed by atoms with E-state index in [9.17, 15) is 4.79 Å². The van der Waals surface area contributed by atoms with E-state index in [-0.39, 0.29) is 11.8 Å². The Hall–Kier alpha value is -3.01. The number of aryl methyl sites for hydroxylation is 2. The van der Waals surface area contributed by atoms with Gasteiger partial charge >= 0.3 is 0 Å². The van der Waals surface area contributed by atoms with E-state index in [1.807, 2.05) is 35.2 Å². The zero-order valence-corrected chi connectivity index (χ0v) is 22.5. The molecule has 0 aromatic heterocycles. The number of anilines is 1. The molecular formula is C33H40BNO2. The van der Waals surface area contributed by atoms with Crippen LogP contribution in [-0.2, 0) is 24.2 Å². The van der Waals surface area contributed by atoms with E-state index >= 15 is 0 Å². The standard InChI is InChI=1S/C33H40BNO2/c1-3-4-5-6-7-8-10-25-15-20-29(21-16-25)35(24-26-13-18-28(34)19-14-26)33(36)31-12-9-11-27-17-22-30(37-2)23-32(27)31/h13-23,31H,3-12,24H2,1-2H3. The second kappa shape index (κ2) is 13.5. The number of methoxy groups -OCH3 is 1. The predicted molar refractivity (Wildman–Crippen MR) is 155 cm³/mol. The number of amides is 1. The number of carbonyl (C=O) groups excluding carboxylic acids is 1. The first-order chi connectivity index (χ1) is 18.1. The lowest BCUT2D eigenvalue weighted by Crippen LogP contribution is -2.36. The molecular weight excluding hydrogens is 453 g/mol. The van der Waals surface area contributed by atoms with Crippen molar-refractivity contribution >= 4 is 24.9 Å². The molecule has 37 heavy (non-hydrogen) atoms. The van der Waals surface area contributed by atoms with E-state index < -0.39 is 0 Å². The maximum Gasteiger partial charge on any atom is 0.234 e. The molecule has 0 spiro atoms. The molecule has 3 nitrogen and oxygen atoms in total. The van der Waals surface area contributed by atoms with Crippen molar-refractivity contribution < 1.29 is 9.53 Å². The molecule has 4 heteroatoms. The number of fused-ring (bicyclic) bond motifs is 1. The molecule has 0 N–H and O–H groups in total. The summed E-state index contributed by atoms with van der Waals surface area (Å²) in [5.41, 5.74) is 6.45. The van der Waals surface area contributed by atoms with Crippen LogP contribution >= 0.6 is 0 Å². The fourth-order valence-electron chi connectivity index (χ4n) is 5.40. The molecule has 0 aliphatic heterocycles. The van der Waals surface area contributed by atoms with Crippen LogP contribution in [0.4, 0.5) is 5.69 Å². The molecule has 1 aliphatic carbocycles. The molecule has 0 heterocycles. The largest absolute Gasteiger partial charge is 0.497 e. The highest BCUT2D eigenvalue weighted by Crippen LogP contribution is 2.36. The number of ether oxygens (including phenoxy) is 1. The third-order valence-electron chi connectivity index (χ3n) is 7.62. The number of nitrogens with zero attached hydrogens (tertiary/aromatic N) is 1. The van der Waals surface area contributed by atoms with Gasteiger partial charge in [0.1, 0.15) is 13.6 Å². The molecule has 1 amide bonds. The summed E-state index contributed by atoms with van der Waals surface area (Å²) >= 11 is 0. The summed E-state index contributed by atoms with van der Waals surface area (Å²) in [6.07, 6.45) is 11.8. The molecule has 4 rings (SSSR count). The molecule has 0 fully saturated rings. The van der Waals surface area contributed by atoms with Crippen molar-refractivity contribution in [3.63, 3.8) is 0 Å². The number of hydrogen-bond donors (Lipinski definition) is 0. The van der Waals surface area contributed by atoms with Crippen LogP contribution in [0, 0.1) is 0 Å². The van der Waals surface area contributed by atoms with Gasteiger partial charge in [0, 0.05) is 5.69 Å². The number of hydrogen-bond acceptors (Lipinski definition) is 2. The van der Waals surface area contributed by atoms with E-state index in [2.05, 4.69) is 43.3 Å². The summed E-state index contributed by atoms with van der Waals surface area (Å²) in [6, 6.07) is 22.7. The monoisotopic (exact) mass is 493 g/mol. The maximum atomic E-state index is 14.2. The van der Waals surface area contributed by atoms with Gasteiger partial charge in [0.25, 0.3) is 0 Å². The summed E-state index contributed by atoms with van der Waals surface area (Å²) in [4.78, 5) is 16.1. The Morgan fingerprint density at radius 1 is 0.919 bits per heavy atom. The quantitative estimate of drug-likeness (QED) is 0.200. The minimum absolute atomic E-state index is 0.148. The lowest BCUT2D eigenvalue weighted by molar-refractivity contribution is -0.120. The molecule has 2 radical (unpaired) electrons. The number of unbranched alkanes of at least 4 members (excludes halogenated alkanes) is 5. The normalized spacial score (nSPS) is 14.7. The minimum Gasteiger partial charge on any atom is -0.497 e. The molecule has 0 bridgehead atoms. The number of rotatable bonds is 12. The molecule has 3 aromatic rings. The van der Waals surface area contributed by atoms with Crippen molar-refractivity contribution in [2.45, 2.75) is 83.6 Å². The van der Waals surface area contributed by atoms with E-state index in [1.165, 1.54) is 49.7 Å². The number of benzene rings is 3. The average molecular weight is 494 g/mol. The van der Waals surface area contributed by atoms with Gasteiger partial charge in [0.2, 0.25) is 5.91 Å². The third-order valence-corrected chi connectivity index (χ3v) is 7.62. The lowest BCUT2D eigenvalue weighted by Gasteiger charge is -2.31. The van der Waals surface area contributed by atoms with Crippen LogP contribution in [-0.4, -0.2) is 20.9 Å². The van der Waals surface area contributed by atoms with Crippen molar-refractivity contribution in [2.24, 2.45) is 0 Å². The third kappa shape index (κ3) is 7.28. The highest BCUT2D eigenvalue weighted by atomic mass is 16.5. The first-order valence-corrected chi connectivity index (χ1v) is 14.0. The Bertz CT molecular complexity index is 1140. The van der Waals surface area contributed by atoms with Crippen LogP contribution in [0.5, 0.6) is 5.75 Å². The van der Waals surface area contributed by atoms with Gasteiger partial charge in [0.15, 0.2) is 0 Å². The predicted octanol–water partition coefficient (Wildman–Crippen LogP) is 7.05. The molecule has 3 aromatic carbocycles. The van der Waals surface area contributed by atoms with Crippen LogP contribution < -0.4 is 15.1 Å². The summed E-state index contributed by atoms with van der Waals surface area (Å²) in [5, 5.41) is 0. The summed E-state index contributed by atoms with van der Waals surface area (Å²) in [6.45, 7) is 2.78.